The lowest BCUT2D eigenvalue weighted by atomic mass is 9.80. The lowest BCUT2D eigenvalue weighted by molar-refractivity contribution is 0.291. The van der Waals surface area contributed by atoms with Crippen molar-refractivity contribution in [3.05, 3.63) is 53.6 Å². The maximum Gasteiger partial charge on any atom is -0.0109 e. The van der Waals surface area contributed by atoms with Crippen LogP contribution in [0.15, 0.2) is 42.5 Å². The third-order valence-corrected chi connectivity index (χ3v) is 5.80. The van der Waals surface area contributed by atoms with E-state index in [9.17, 15) is 0 Å². The molecule has 1 aliphatic carbocycles. The molecule has 0 unspecified atom stereocenters. The van der Waals surface area contributed by atoms with Gasteiger partial charge >= 0.3 is 0 Å². The van der Waals surface area contributed by atoms with Gasteiger partial charge < -0.3 is 0 Å². The predicted molar refractivity (Wildman–Crippen MR) is 121 cm³/mol. The van der Waals surface area contributed by atoms with Gasteiger partial charge in [0.05, 0.1) is 0 Å². The number of hydrogen-bond acceptors (Lipinski definition) is 0. The van der Waals surface area contributed by atoms with Crippen LogP contribution in [-0.2, 0) is 6.42 Å². The maximum atomic E-state index is 3.18. The van der Waals surface area contributed by atoms with E-state index < -0.39 is 0 Å². The summed E-state index contributed by atoms with van der Waals surface area (Å²) in [5.74, 6) is 8.07. The van der Waals surface area contributed by atoms with Gasteiger partial charge in [0.25, 0.3) is 0 Å². The Bertz CT molecular complexity index is 612. The second kappa shape index (κ2) is 13.4. The first kappa shape index (κ1) is 21.6. The summed E-state index contributed by atoms with van der Waals surface area (Å²) in [5, 5.41) is 0. The van der Waals surface area contributed by atoms with E-state index in [1.807, 2.05) is 6.08 Å². The molecule has 0 N–H and O–H groups in total. The molecular formula is C27H38. The zero-order valence-corrected chi connectivity index (χ0v) is 17.6. The molecule has 0 heterocycles. The Labute approximate surface area is 168 Å². The monoisotopic (exact) mass is 362 g/mol. The van der Waals surface area contributed by atoms with Crippen molar-refractivity contribution in [2.24, 2.45) is 11.8 Å². The number of hydrogen-bond donors (Lipinski definition) is 0. The Morgan fingerprint density at radius 1 is 0.852 bits per heavy atom. The average molecular weight is 363 g/mol. The third-order valence-electron chi connectivity index (χ3n) is 5.80. The molecular weight excluding hydrogens is 324 g/mol. The lowest BCUT2D eigenvalue weighted by Crippen LogP contribution is -2.12. The number of aryl methyl sites for hydroxylation is 1. The summed E-state index contributed by atoms with van der Waals surface area (Å²) >= 11 is 0. The Morgan fingerprint density at radius 2 is 1.56 bits per heavy atom. The van der Waals surface area contributed by atoms with Crippen LogP contribution in [0.25, 0.3) is 6.08 Å². The van der Waals surface area contributed by atoms with E-state index in [-0.39, 0.29) is 0 Å². The fourth-order valence-corrected chi connectivity index (χ4v) is 3.96. The number of rotatable bonds is 9. The summed E-state index contributed by atoms with van der Waals surface area (Å²) in [7, 11) is 0. The topological polar surface area (TPSA) is 0 Å². The summed E-state index contributed by atoms with van der Waals surface area (Å²) < 4.78 is 0. The first-order chi connectivity index (χ1) is 13.3. The van der Waals surface area contributed by atoms with Crippen molar-refractivity contribution in [1.29, 1.82) is 0 Å². The minimum Gasteiger partial charge on any atom is -0.0730 e. The zero-order valence-electron chi connectivity index (χ0n) is 17.6. The van der Waals surface area contributed by atoms with Crippen molar-refractivity contribution < 1.29 is 0 Å². The van der Waals surface area contributed by atoms with Crippen molar-refractivity contribution in [2.75, 3.05) is 0 Å². The van der Waals surface area contributed by atoms with E-state index in [0.29, 0.717) is 0 Å². The van der Waals surface area contributed by atoms with E-state index in [1.165, 1.54) is 81.8 Å². The van der Waals surface area contributed by atoms with Gasteiger partial charge in [0.15, 0.2) is 0 Å². The minimum absolute atomic E-state index is 0.751. The molecule has 0 heteroatoms. The van der Waals surface area contributed by atoms with Crippen LogP contribution in [-0.4, -0.2) is 0 Å². The number of unbranched alkanes of at least 4 members (excludes halogenated alkanes) is 3. The Balaban J connectivity index is 1.68. The molecule has 0 spiro atoms. The standard InChI is InChI=1S/C27H38/c1-3-5-9-13-25-20-22-27(23-21-25)15-11-8-7-10-14-26-18-16-24(17-19-26)12-6-4-2/h10-11,14-15,20-24,26H,3-6,9,12-13,16-19H2,1-2H3/b14-10+,15-11+. The van der Waals surface area contributed by atoms with Crippen LogP contribution in [0.5, 0.6) is 0 Å². The van der Waals surface area contributed by atoms with Gasteiger partial charge in [-0.1, -0.05) is 88.1 Å². The highest BCUT2D eigenvalue weighted by molar-refractivity contribution is 5.53. The number of benzene rings is 1. The highest BCUT2D eigenvalue weighted by atomic mass is 14.2. The van der Waals surface area contributed by atoms with Crippen LogP contribution >= 0.6 is 0 Å². The highest BCUT2D eigenvalue weighted by Gasteiger charge is 2.18. The predicted octanol–water partition coefficient (Wildman–Crippen LogP) is 7.99. The SMILES string of the molecule is CCCCCc1ccc(/C=C/C#C/C=C/C2CCC(CCCC)CC2)cc1. The van der Waals surface area contributed by atoms with Crippen LogP contribution < -0.4 is 0 Å². The first-order valence-corrected chi connectivity index (χ1v) is 11.2. The van der Waals surface area contributed by atoms with Crippen LogP contribution in [0.4, 0.5) is 0 Å². The fourth-order valence-electron chi connectivity index (χ4n) is 3.96. The normalized spacial score (nSPS) is 20.1. The number of allylic oxidation sites excluding steroid dienone is 3. The molecule has 1 aromatic rings. The molecule has 0 radical (unpaired) electrons. The summed E-state index contributed by atoms with van der Waals surface area (Å²) in [4.78, 5) is 0. The minimum atomic E-state index is 0.751. The molecule has 1 aliphatic rings. The van der Waals surface area contributed by atoms with Crippen molar-refractivity contribution in [3.63, 3.8) is 0 Å². The molecule has 1 saturated carbocycles. The van der Waals surface area contributed by atoms with Crippen molar-refractivity contribution in [3.8, 4) is 11.8 Å². The van der Waals surface area contributed by atoms with Gasteiger partial charge in [0.1, 0.15) is 0 Å². The van der Waals surface area contributed by atoms with Gasteiger partial charge in [-0.3, -0.25) is 0 Å². The summed E-state index contributed by atoms with van der Waals surface area (Å²) in [6.07, 6.45) is 23.3. The summed E-state index contributed by atoms with van der Waals surface area (Å²) in [5.41, 5.74) is 2.68. The molecule has 1 fully saturated rings. The Kier molecular flexibility index (Phi) is 10.7. The molecule has 27 heavy (non-hydrogen) atoms. The van der Waals surface area contributed by atoms with Crippen molar-refractivity contribution in [1.82, 2.24) is 0 Å². The smallest absolute Gasteiger partial charge is 0.0109 e. The van der Waals surface area contributed by atoms with Gasteiger partial charge in [-0.15, -0.1) is 0 Å². The van der Waals surface area contributed by atoms with Crippen LogP contribution in [0.3, 0.4) is 0 Å². The highest BCUT2D eigenvalue weighted by Crippen LogP contribution is 2.32. The Morgan fingerprint density at radius 3 is 2.26 bits per heavy atom. The Hall–Kier alpha value is -1.74. The molecule has 0 aliphatic heterocycles. The quantitative estimate of drug-likeness (QED) is 0.308. The van der Waals surface area contributed by atoms with Crippen molar-refractivity contribution in [2.45, 2.75) is 84.5 Å². The van der Waals surface area contributed by atoms with Crippen molar-refractivity contribution >= 4 is 6.08 Å². The fraction of sp³-hybridized carbons (Fsp3) is 0.556. The van der Waals surface area contributed by atoms with Gasteiger partial charge in [0.2, 0.25) is 0 Å². The van der Waals surface area contributed by atoms with E-state index >= 15 is 0 Å². The lowest BCUT2D eigenvalue weighted by Gasteiger charge is -2.26. The van der Waals surface area contributed by atoms with E-state index in [4.69, 9.17) is 0 Å². The molecule has 0 amide bonds. The molecule has 1 aromatic carbocycles. The molecule has 0 saturated heterocycles. The second-order valence-corrected chi connectivity index (χ2v) is 8.10. The van der Waals surface area contributed by atoms with Gasteiger partial charge in [-0.2, -0.15) is 0 Å². The average Bonchev–Trinajstić information content (AvgIpc) is 2.71. The first-order valence-electron chi connectivity index (χ1n) is 11.2. The van der Waals surface area contributed by atoms with Crippen LogP contribution in [0.2, 0.25) is 0 Å². The zero-order chi connectivity index (χ0) is 19.2. The molecule has 0 bridgehead atoms. The van der Waals surface area contributed by atoms with Crippen LogP contribution in [0, 0.1) is 23.7 Å². The molecule has 146 valence electrons. The molecule has 0 atom stereocenters. The molecule has 0 aromatic heterocycles. The third kappa shape index (κ3) is 9.14. The largest absolute Gasteiger partial charge is 0.0730 e. The van der Waals surface area contributed by atoms with E-state index in [1.54, 1.807) is 0 Å². The van der Waals surface area contributed by atoms with E-state index in [2.05, 4.69) is 68.2 Å². The van der Waals surface area contributed by atoms with Gasteiger partial charge in [-0.05, 0) is 79.7 Å². The second-order valence-electron chi connectivity index (χ2n) is 8.10. The van der Waals surface area contributed by atoms with Crippen LogP contribution in [0.1, 0.15) is 89.2 Å². The summed E-state index contributed by atoms with van der Waals surface area (Å²) in [6.45, 7) is 4.55. The maximum absolute atomic E-state index is 3.18. The van der Waals surface area contributed by atoms with E-state index in [0.717, 1.165) is 11.8 Å². The molecule has 2 rings (SSSR count). The summed E-state index contributed by atoms with van der Waals surface area (Å²) in [6, 6.07) is 8.90. The van der Waals surface area contributed by atoms with Gasteiger partial charge in [0, 0.05) is 0 Å². The molecule has 0 nitrogen and oxygen atoms in total. The van der Waals surface area contributed by atoms with Gasteiger partial charge in [-0.25, -0.2) is 0 Å².